The topological polar surface area (TPSA) is 90.0 Å². The number of pyridine rings is 1. The fraction of sp³-hybridized carbons (Fsp3) is 0.417. The average Bonchev–Trinajstić information content (AvgIpc) is 3.53. The molecule has 2 aliphatic rings. The molecule has 0 atom stereocenters. The van der Waals surface area contributed by atoms with E-state index in [1.54, 1.807) is 0 Å². The summed E-state index contributed by atoms with van der Waals surface area (Å²) in [5.74, 6) is 1.27. The highest BCUT2D eigenvalue weighted by atomic mass is 16.5. The van der Waals surface area contributed by atoms with Crippen LogP contribution in [0, 0.1) is 0 Å². The molecule has 160 valence electrons. The molecule has 0 aliphatic heterocycles. The van der Waals surface area contributed by atoms with Gasteiger partial charge in [0.25, 0.3) is 11.4 Å². The molecule has 2 heterocycles. The van der Waals surface area contributed by atoms with Crippen molar-refractivity contribution in [3.8, 4) is 11.5 Å². The van der Waals surface area contributed by atoms with Crippen LogP contribution in [0.2, 0.25) is 0 Å². The van der Waals surface area contributed by atoms with Gasteiger partial charge in [0.15, 0.2) is 5.82 Å². The van der Waals surface area contributed by atoms with Gasteiger partial charge in [0.2, 0.25) is 5.91 Å². The summed E-state index contributed by atoms with van der Waals surface area (Å²) in [7, 11) is 0. The normalized spacial score (nSPS) is 16.3. The summed E-state index contributed by atoms with van der Waals surface area (Å²) < 4.78 is 6.96. The Morgan fingerprint density at radius 3 is 2.90 bits per heavy atom. The van der Waals surface area contributed by atoms with E-state index in [-0.39, 0.29) is 18.0 Å². The lowest BCUT2D eigenvalue weighted by atomic mass is 9.97. The molecule has 3 aromatic rings. The van der Waals surface area contributed by atoms with Crippen molar-refractivity contribution < 1.29 is 9.32 Å². The Labute approximate surface area is 180 Å². The standard InChI is InChI=1S/C24H26N4O3/c29-21(25-13-12-16-6-2-1-3-7-16)15-28-20-9-5-4-8-18(20)19(14-22(28)30)24-26-23(27-31-24)17-10-11-17/h4-6,8-9,14,17H,1-3,7,10-13,15H2,(H,25,29). The maximum Gasteiger partial charge on any atom is 0.258 e. The molecule has 0 unspecified atom stereocenters. The fourth-order valence-electron chi connectivity index (χ4n) is 4.22. The Bertz CT molecular complexity index is 1200. The first-order chi connectivity index (χ1) is 15.2. The van der Waals surface area contributed by atoms with Gasteiger partial charge in [0.05, 0.1) is 11.1 Å². The monoisotopic (exact) mass is 418 g/mol. The smallest absolute Gasteiger partial charge is 0.258 e. The second-order valence-corrected chi connectivity index (χ2v) is 8.44. The van der Waals surface area contributed by atoms with E-state index >= 15 is 0 Å². The number of benzene rings is 1. The van der Waals surface area contributed by atoms with Crippen LogP contribution < -0.4 is 10.9 Å². The van der Waals surface area contributed by atoms with Gasteiger partial charge in [-0.3, -0.25) is 14.2 Å². The van der Waals surface area contributed by atoms with E-state index in [9.17, 15) is 9.59 Å². The zero-order valence-electron chi connectivity index (χ0n) is 17.5. The van der Waals surface area contributed by atoms with Crippen LogP contribution in [-0.2, 0) is 11.3 Å². The van der Waals surface area contributed by atoms with Crippen molar-refractivity contribution in [2.75, 3.05) is 6.54 Å². The lowest BCUT2D eigenvalue weighted by Crippen LogP contribution is -2.33. The molecule has 7 nitrogen and oxygen atoms in total. The van der Waals surface area contributed by atoms with Gasteiger partial charge in [0, 0.05) is 23.9 Å². The Morgan fingerprint density at radius 1 is 1.23 bits per heavy atom. The maximum absolute atomic E-state index is 12.9. The predicted octanol–water partition coefficient (Wildman–Crippen LogP) is 3.94. The molecule has 7 heteroatoms. The molecule has 5 rings (SSSR count). The number of carbonyl (C=O) groups is 1. The quantitative estimate of drug-likeness (QED) is 0.587. The predicted molar refractivity (Wildman–Crippen MR) is 118 cm³/mol. The molecule has 0 spiro atoms. The minimum absolute atomic E-state index is 0.0180. The second-order valence-electron chi connectivity index (χ2n) is 8.44. The molecular formula is C24H26N4O3. The number of hydrogen-bond donors (Lipinski definition) is 1. The maximum atomic E-state index is 12.9. The SMILES string of the molecule is O=C(Cn1c(=O)cc(-c2nc(C3CC3)no2)c2ccccc21)NCCC1=CCCCC1. The summed E-state index contributed by atoms with van der Waals surface area (Å²) in [6.07, 6.45) is 10.1. The lowest BCUT2D eigenvalue weighted by molar-refractivity contribution is -0.121. The first-order valence-electron chi connectivity index (χ1n) is 11.1. The zero-order valence-corrected chi connectivity index (χ0v) is 17.5. The summed E-state index contributed by atoms with van der Waals surface area (Å²) in [4.78, 5) is 30.0. The highest BCUT2D eigenvalue weighted by Gasteiger charge is 2.29. The largest absolute Gasteiger partial charge is 0.354 e. The first kappa shape index (κ1) is 19.7. The van der Waals surface area contributed by atoms with Crippen LogP contribution in [-0.4, -0.2) is 27.2 Å². The van der Waals surface area contributed by atoms with E-state index < -0.39 is 0 Å². The van der Waals surface area contributed by atoms with Crippen LogP contribution in [0.4, 0.5) is 0 Å². The Hall–Kier alpha value is -3.22. The van der Waals surface area contributed by atoms with Crippen molar-refractivity contribution in [2.45, 2.75) is 57.4 Å². The third kappa shape index (κ3) is 4.31. The number of amides is 1. The molecule has 0 radical (unpaired) electrons. The van der Waals surface area contributed by atoms with Gasteiger partial charge in [-0.15, -0.1) is 0 Å². The number of carbonyl (C=O) groups excluding carboxylic acids is 1. The van der Waals surface area contributed by atoms with E-state index in [2.05, 4.69) is 21.5 Å². The summed E-state index contributed by atoms with van der Waals surface area (Å²) >= 11 is 0. The molecule has 1 aromatic carbocycles. The van der Waals surface area contributed by atoms with Crippen molar-refractivity contribution >= 4 is 16.8 Å². The third-order valence-electron chi connectivity index (χ3n) is 6.09. The molecule has 2 aromatic heterocycles. The van der Waals surface area contributed by atoms with Crippen LogP contribution in [0.5, 0.6) is 0 Å². The van der Waals surface area contributed by atoms with Gasteiger partial charge < -0.3 is 9.84 Å². The molecule has 1 fully saturated rings. The number of nitrogens with one attached hydrogen (secondary N) is 1. The second kappa shape index (κ2) is 8.49. The van der Waals surface area contributed by atoms with Crippen LogP contribution >= 0.6 is 0 Å². The number of aromatic nitrogens is 3. The number of nitrogens with zero attached hydrogens (tertiary/aromatic N) is 3. The summed E-state index contributed by atoms with van der Waals surface area (Å²) in [5, 5.41) is 7.84. The number of allylic oxidation sites excluding steroid dienone is 1. The van der Waals surface area contributed by atoms with Gasteiger partial charge in [-0.1, -0.05) is 35.0 Å². The fourth-order valence-corrected chi connectivity index (χ4v) is 4.22. The van der Waals surface area contributed by atoms with Gasteiger partial charge in [0.1, 0.15) is 6.54 Å². The molecule has 1 N–H and O–H groups in total. The molecule has 0 bridgehead atoms. The van der Waals surface area contributed by atoms with Gasteiger partial charge in [-0.2, -0.15) is 4.98 Å². The Balaban J connectivity index is 1.36. The van der Waals surface area contributed by atoms with Gasteiger partial charge in [-0.25, -0.2) is 0 Å². The van der Waals surface area contributed by atoms with E-state index in [1.165, 1.54) is 29.0 Å². The minimum atomic E-state index is -0.259. The van der Waals surface area contributed by atoms with Crippen molar-refractivity contribution in [3.05, 3.63) is 58.2 Å². The molecular weight excluding hydrogens is 392 g/mol. The molecule has 1 amide bonds. The van der Waals surface area contributed by atoms with Crippen molar-refractivity contribution in [1.29, 1.82) is 0 Å². The van der Waals surface area contributed by atoms with Crippen molar-refractivity contribution in [2.24, 2.45) is 0 Å². The summed E-state index contributed by atoms with van der Waals surface area (Å²) in [6, 6.07) is 9.01. The number of rotatable bonds is 7. The van der Waals surface area contributed by atoms with Crippen LogP contribution in [0.1, 0.15) is 56.7 Å². The zero-order chi connectivity index (χ0) is 21.2. The highest BCUT2D eigenvalue weighted by Crippen LogP contribution is 2.39. The van der Waals surface area contributed by atoms with E-state index in [0.717, 1.165) is 37.5 Å². The Morgan fingerprint density at radius 2 is 2.10 bits per heavy atom. The molecule has 2 aliphatic carbocycles. The summed E-state index contributed by atoms with van der Waals surface area (Å²) in [6.45, 7) is 0.581. The molecule has 1 saturated carbocycles. The van der Waals surface area contributed by atoms with E-state index in [0.29, 0.717) is 35.3 Å². The van der Waals surface area contributed by atoms with Crippen LogP contribution in [0.15, 0.2) is 51.3 Å². The number of para-hydroxylation sites is 1. The van der Waals surface area contributed by atoms with Crippen molar-refractivity contribution in [1.82, 2.24) is 20.0 Å². The average molecular weight is 418 g/mol. The minimum Gasteiger partial charge on any atom is -0.354 e. The van der Waals surface area contributed by atoms with Crippen LogP contribution in [0.25, 0.3) is 22.4 Å². The van der Waals surface area contributed by atoms with E-state index in [1.807, 2.05) is 24.3 Å². The number of fused-ring (bicyclic) bond motifs is 1. The van der Waals surface area contributed by atoms with Crippen molar-refractivity contribution in [3.63, 3.8) is 0 Å². The third-order valence-corrected chi connectivity index (χ3v) is 6.09. The number of hydrogen-bond acceptors (Lipinski definition) is 5. The van der Waals surface area contributed by atoms with Gasteiger partial charge >= 0.3 is 0 Å². The van der Waals surface area contributed by atoms with Crippen LogP contribution in [0.3, 0.4) is 0 Å². The lowest BCUT2D eigenvalue weighted by Gasteiger charge is -2.14. The summed E-state index contributed by atoms with van der Waals surface area (Å²) in [5.41, 5.74) is 2.45. The molecule has 0 saturated heterocycles. The highest BCUT2D eigenvalue weighted by molar-refractivity contribution is 5.93. The first-order valence-corrected chi connectivity index (χ1v) is 11.1. The van der Waals surface area contributed by atoms with E-state index in [4.69, 9.17) is 4.52 Å². The Kier molecular flexibility index (Phi) is 5.40. The van der Waals surface area contributed by atoms with Gasteiger partial charge in [-0.05, 0) is 51.0 Å². The molecule has 31 heavy (non-hydrogen) atoms.